The van der Waals surface area contributed by atoms with E-state index >= 15 is 0 Å². The Labute approximate surface area is 149 Å². The third kappa shape index (κ3) is 3.53. The van der Waals surface area contributed by atoms with Gasteiger partial charge < -0.3 is 4.90 Å². The average molecular weight is 357 g/mol. The van der Waals surface area contributed by atoms with Crippen LogP contribution in [0.5, 0.6) is 0 Å². The lowest BCUT2D eigenvalue weighted by Crippen LogP contribution is -2.31. The van der Waals surface area contributed by atoms with Crippen LogP contribution >= 0.6 is 11.6 Å². The molecule has 1 N–H and O–H groups in total. The summed E-state index contributed by atoms with van der Waals surface area (Å²) in [5.74, 6) is -0.591. The highest BCUT2D eigenvalue weighted by atomic mass is 35.5. The van der Waals surface area contributed by atoms with Gasteiger partial charge in [-0.2, -0.15) is 5.10 Å². The molecule has 0 spiro atoms. The molecule has 1 unspecified atom stereocenters. The van der Waals surface area contributed by atoms with Crippen LogP contribution in [0.25, 0.3) is 10.8 Å². The molecular formula is C18H17ClN4O2. The number of pyridine rings is 1. The quantitative estimate of drug-likeness (QED) is 0.729. The molecule has 0 fully saturated rings. The van der Waals surface area contributed by atoms with E-state index in [1.54, 1.807) is 49.3 Å². The molecule has 3 aromatic rings. The van der Waals surface area contributed by atoms with E-state index in [1.165, 1.54) is 0 Å². The monoisotopic (exact) mass is 356 g/mol. The Morgan fingerprint density at radius 2 is 1.96 bits per heavy atom. The standard InChI is InChI=1S/C18H17ClN4O2/c1-11(16-13-5-3-4-6-14(13)17(24)22-21-16)18(25)23(2)10-12-7-8-15(19)20-9-12/h3-9,11H,10H2,1-2H3,(H,22,24). The number of carbonyl (C=O) groups is 1. The van der Waals surface area contributed by atoms with Gasteiger partial charge >= 0.3 is 0 Å². The molecule has 1 aromatic carbocycles. The van der Waals surface area contributed by atoms with Gasteiger partial charge in [0.1, 0.15) is 5.15 Å². The van der Waals surface area contributed by atoms with Gasteiger partial charge in [0.15, 0.2) is 0 Å². The SMILES string of the molecule is CC(C(=O)N(C)Cc1ccc(Cl)nc1)c1n[nH]c(=O)c2ccccc12. The summed E-state index contributed by atoms with van der Waals surface area (Å²) < 4.78 is 0. The number of amides is 1. The number of carbonyl (C=O) groups excluding carboxylic acids is 1. The van der Waals surface area contributed by atoms with Crippen molar-refractivity contribution in [1.29, 1.82) is 0 Å². The zero-order valence-corrected chi connectivity index (χ0v) is 14.6. The van der Waals surface area contributed by atoms with Crippen LogP contribution < -0.4 is 5.56 Å². The minimum absolute atomic E-state index is 0.0975. The van der Waals surface area contributed by atoms with Crippen molar-refractivity contribution in [2.75, 3.05) is 7.05 Å². The third-order valence-electron chi connectivity index (χ3n) is 4.09. The number of rotatable bonds is 4. The maximum Gasteiger partial charge on any atom is 0.272 e. The highest BCUT2D eigenvalue weighted by Crippen LogP contribution is 2.23. The van der Waals surface area contributed by atoms with Crippen molar-refractivity contribution in [3.05, 3.63) is 69.4 Å². The second-order valence-electron chi connectivity index (χ2n) is 5.89. The second-order valence-corrected chi connectivity index (χ2v) is 6.28. The maximum absolute atomic E-state index is 12.8. The Morgan fingerprint density at radius 1 is 1.24 bits per heavy atom. The summed E-state index contributed by atoms with van der Waals surface area (Å²) in [5, 5.41) is 8.21. The van der Waals surface area contributed by atoms with Crippen molar-refractivity contribution in [2.24, 2.45) is 0 Å². The van der Waals surface area contributed by atoms with E-state index in [-0.39, 0.29) is 11.5 Å². The highest BCUT2D eigenvalue weighted by molar-refractivity contribution is 6.29. The number of hydrogen-bond donors (Lipinski definition) is 1. The summed E-state index contributed by atoms with van der Waals surface area (Å²) in [4.78, 5) is 30.3. The second kappa shape index (κ2) is 7.03. The molecule has 0 saturated heterocycles. The van der Waals surface area contributed by atoms with Gasteiger partial charge in [-0.05, 0) is 24.6 Å². The fourth-order valence-corrected chi connectivity index (χ4v) is 2.88. The first-order chi connectivity index (χ1) is 12.0. The van der Waals surface area contributed by atoms with E-state index in [1.807, 2.05) is 12.1 Å². The van der Waals surface area contributed by atoms with E-state index in [0.29, 0.717) is 28.2 Å². The Kier molecular flexibility index (Phi) is 4.81. The van der Waals surface area contributed by atoms with Gasteiger partial charge in [0.05, 0.1) is 17.0 Å². The molecule has 0 aliphatic heterocycles. The van der Waals surface area contributed by atoms with Crippen molar-refractivity contribution in [3.63, 3.8) is 0 Å². The molecule has 6 nitrogen and oxygen atoms in total. The van der Waals surface area contributed by atoms with Gasteiger partial charge in [-0.3, -0.25) is 9.59 Å². The molecule has 7 heteroatoms. The molecule has 2 heterocycles. The van der Waals surface area contributed by atoms with Crippen molar-refractivity contribution < 1.29 is 4.79 Å². The molecular weight excluding hydrogens is 340 g/mol. The number of nitrogens with zero attached hydrogens (tertiary/aromatic N) is 3. The van der Waals surface area contributed by atoms with Crippen molar-refractivity contribution in [2.45, 2.75) is 19.4 Å². The Balaban J connectivity index is 1.86. The van der Waals surface area contributed by atoms with Crippen LogP contribution in [0.3, 0.4) is 0 Å². The fraction of sp³-hybridized carbons (Fsp3) is 0.222. The minimum atomic E-state index is -0.494. The summed E-state index contributed by atoms with van der Waals surface area (Å²) >= 11 is 5.78. The maximum atomic E-state index is 12.8. The normalized spacial score (nSPS) is 12.1. The van der Waals surface area contributed by atoms with Crippen LogP contribution in [0.15, 0.2) is 47.4 Å². The third-order valence-corrected chi connectivity index (χ3v) is 4.31. The van der Waals surface area contributed by atoms with Crippen LogP contribution in [0.1, 0.15) is 24.1 Å². The van der Waals surface area contributed by atoms with Crippen LogP contribution in [-0.4, -0.2) is 33.0 Å². The molecule has 0 bridgehead atoms. The number of aromatic nitrogens is 3. The van der Waals surface area contributed by atoms with Crippen LogP contribution in [0, 0.1) is 0 Å². The number of benzene rings is 1. The lowest BCUT2D eigenvalue weighted by atomic mass is 10.00. The van der Waals surface area contributed by atoms with Gasteiger partial charge in [-0.15, -0.1) is 0 Å². The Morgan fingerprint density at radius 3 is 2.64 bits per heavy atom. The number of likely N-dealkylation sites (N-methyl/N-ethyl adjacent to an activating group) is 1. The first-order valence-electron chi connectivity index (χ1n) is 7.80. The molecule has 3 rings (SSSR count). The molecule has 0 aliphatic rings. The number of nitrogens with one attached hydrogen (secondary N) is 1. The van der Waals surface area contributed by atoms with Gasteiger partial charge in [-0.25, -0.2) is 10.1 Å². The summed E-state index contributed by atoms with van der Waals surface area (Å²) in [5.41, 5.74) is 1.17. The predicted octanol–water partition coefficient (Wildman–Crippen LogP) is 2.73. The molecule has 0 saturated carbocycles. The van der Waals surface area contributed by atoms with Crippen LogP contribution in [0.2, 0.25) is 5.15 Å². The summed E-state index contributed by atoms with van der Waals surface area (Å²) in [7, 11) is 1.72. The zero-order chi connectivity index (χ0) is 18.0. The zero-order valence-electron chi connectivity index (χ0n) is 13.9. The van der Waals surface area contributed by atoms with Gasteiger partial charge in [-0.1, -0.05) is 35.9 Å². The lowest BCUT2D eigenvalue weighted by molar-refractivity contribution is -0.131. The minimum Gasteiger partial charge on any atom is -0.341 e. The molecule has 25 heavy (non-hydrogen) atoms. The molecule has 1 amide bonds. The first kappa shape index (κ1) is 17.1. The van der Waals surface area contributed by atoms with Gasteiger partial charge in [0.25, 0.3) is 5.56 Å². The van der Waals surface area contributed by atoms with Crippen LogP contribution in [0.4, 0.5) is 0 Å². The molecule has 2 aromatic heterocycles. The van der Waals surface area contributed by atoms with E-state index in [2.05, 4.69) is 15.2 Å². The molecule has 0 radical (unpaired) electrons. The van der Waals surface area contributed by atoms with E-state index in [4.69, 9.17) is 11.6 Å². The topological polar surface area (TPSA) is 79.0 Å². The highest BCUT2D eigenvalue weighted by Gasteiger charge is 2.23. The lowest BCUT2D eigenvalue weighted by Gasteiger charge is -2.21. The van der Waals surface area contributed by atoms with Crippen LogP contribution in [-0.2, 0) is 11.3 Å². The molecule has 1 atom stereocenters. The number of H-pyrrole nitrogens is 1. The largest absolute Gasteiger partial charge is 0.341 e. The number of halogens is 1. The number of aromatic amines is 1. The van der Waals surface area contributed by atoms with E-state index < -0.39 is 5.92 Å². The number of hydrogen-bond acceptors (Lipinski definition) is 4. The Bertz CT molecular complexity index is 969. The summed E-state index contributed by atoms with van der Waals surface area (Å²) in [6, 6.07) is 10.7. The molecule has 128 valence electrons. The first-order valence-corrected chi connectivity index (χ1v) is 8.18. The number of fused-ring (bicyclic) bond motifs is 1. The van der Waals surface area contributed by atoms with Gasteiger partial charge in [0, 0.05) is 25.2 Å². The van der Waals surface area contributed by atoms with Crippen molar-refractivity contribution >= 4 is 28.3 Å². The van der Waals surface area contributed by atoms with E-state index in [9.17, 15) is 9.59 Å². The summed E-state index contributed by atoms with van der Waals surface area (Å²) in [6.45, 7) is 2.20. The van der Waals surface area contributed by atoms with Gasteiger partial charge in [0.2, 0.25) is 5.91 Å². The van der Waals surface area contributed by atoms with E-state index in [0.717, 1.165) is 5.56 Å². The predicted molar refractivity (Wildman–Crippen MR) is 96.5 cm³/mol. The molecule has 0 aliphatic carbocycles. The van der Waals surface area contributed by atoms with Crippen molar-refractivity contribution in [1.82, 2.24) is 20.1 Å². The Hall–Kier alpha value is -2.73. The average Bonchev–Trinajstić information content (AvgIpc) is 2.63. The fourth-order valence-electron chi connectivity index (χ4n) is 2.77. The summed E-state index contributed by atoms with van der Waals surface area (Å²) in [6.07, 6.45) is 1.64. The smallest absolute Gasteiger partial charge is 0.272 e. The van der Waals surface area contributed by atoms with Crippen molar-refractivity contribution in [3.8, 4) is 0 Å².